The van der Waals surface area contributed by atoms with Gasteiger partial charge in [0.25, 0.3) is 0 Å². The van der Waals surface area contributed by atoms with E-state index in [1.165, 1.54) is 0 Å². The molecule has 1 unspecified atom stereocenters. The summed E-state index contributed by atoms with van der Waals surface area (Å²) in [4.78, 5) is 0. The van der Waals surface area contributed by atoms with Gasteiger partial charge in [-0.3, -0.25) is 0 Å². The molecule has 2 N–H and O–H groups in total. The van der Waals surface area contributed by atoms with Crippen molar-refractivity contribution in [3.8, 4) is 0 Å². The standard InChI is InChI=1S/C11H15N3O/c1-8-6-10(15-13-8)7-14-5-3-4-11(14)9(2)12/h3-6,9H,7,12H2,1-2H3. The SMILES string of the molecule is Cc1cc(Cn2cccc2C(C)N)on1. The summed E-state index contributed by atoms with van der Waals surface area (Å²) in [7, 11) is 0. The Hall–Kier alpha value is -1.55. The van der Waals surface area contributed by atoms with Gasteiger partial charge in [0.15, 0.2) is 5.76 Å². The van der Waals surface area contributed by atoms with Crippen molar-refractivity contribution in [2.24, 2.45) is 5.73 Å². The molecule has 0 aliphatic carbocycles. The Morgan fingerprint density at radius 3 is 3.00 bits per heavy atom. The van der Waals surface area contributed by atoms with Crippen molar-refractivity contribution in [1.82, 2.24) is 9.72 Å². The summed E-state index contributed by atoms with van der Waals surface area (Å²) in [6.07, 6.45) is 2.00. The van der Waals surface area contributed by atoms with Crippen LogP contribution in [0.15, 0.2) is 28.9 Å². The minimum Gasteiger partial charge on any atom is -0.359 e. The van der Waals surface area contributed by atoms with Crippen LogP contribution < -0.4 is 5.73 Å². The lowest BCUT2D eigenvalue weighted by atomic mass is 10.2. The molecule has 0 radical (unpaired) electrons. The summed E-state index contributed by atoms with van der Waals surface area (Å²) in [5.41, 5.74) is 7.85. The quantitative estimate of drug-likeness (QED) is 0.832. The molecule has 0 bridgehead atoms. The zero-order valence-corrected chi connectivity index (χ0v) is 8.97. The van der Waals surface area contributed by atoms with Crippen molar-refractivity contribution in [2.45, 2.75) is 26.4 Å². The summed E-state index contributed by atoms with van der Waals surface area (Å²) in [5, 5.41) is 3.85. The molecule has 0 saturated heterocycles. The van der Waals surface area contributed by atoms with E-state index in [1.54, 1.807) is 0 Å². The van der Waals surface area contributed by atoms with Crippen molar-refractivity contribution in [2.75, 3.05) is 0 Å². The van der Waals surface area contributed by atoms with Gasteiger partial charge in [-0.1, -0.05) is 5.16 Å². The molecule has 2 aromatic rings. The Kier molecular flexibility index (Phi) is 2.60. The number of aromatic nitrogens is 2. The zero-order valence-electron chi connectivity index (χ0n) is 8.97. The van der Waals surface area contributed by atoms with Crippen LogP contribution in [0, 0.1) is 6.92 Å². The third-order valence-electron chi connectivity index (χ3n) is 2.33. The molecule has 4 heteroatoms. The summed E-state index contributed by atoms with van der Waals surface area (Å²) in [6, 6.07) is 5.98. The highest BCUT2D eigenvalue weighted by atomic mass is 16.5. The monoisotopic (exact) mass is 205 g/mol. The Morgan fingerprint density at radius 2 is 2.40 bits per heavy atom. The Morgan fingerprint density at radius 1 is 1.60 bits per heavy atom. The first-order valence-corrected chi connectivity index (χ1v) is 4.99. The van der Waals surface area contributed by atoms with Crippen LogP contribution in [0.3, 0.4) is 0 Å². The minimum absolute atomic E-state index is 0.0315. The van der Waals surface area contributed by atoms with E-state index in [2.05, 4.69) is 9.72 Å². The second-order valence-electron chi connectivity index (χ2n) is 3.78. The fourth-order valence-electron chi connectivity index (χ4n) is 1.64. The van der Waals surface area contributed by atoms with Gasteiger partial charge >= 0.3 is 0 Å². The molecule has 4 nitrogen and oxygen atoms in total. The van der Waals surface area contributed by atoms with Gasteiger partial charge in [-0.15, -0.1) is 0 Å². The molecule has 0 spiro atoms. The maximum atomic E-state index is 5.85. The number of nitrogens with two attached hydrogens (primary N) is 1. The van der Waals surface area contributed by atoms with E-state index in [0.717, 1.165) is 17.1 Å². The van der Waals surface area contributed by atoms with Gasteiger partial charge in [0.05, 0.1) is 12.2 Å². The zero-order chi connectivity index (χ0) is 10.8. The molecule has 1 atom stereocenters. The lowest BCUT2D eigenvalue weighted by molar-refractivity contribution is 0.371. The lowest BCUT2D eigenvalue weighted by Crippen LogP contribution is -2.12. The number of aryl methyl sites for hydroxylation is 1. The van der Waals surface area contributed by atoms with E-state index in [-0.39, 0.29) is 6.04 Å². The largest absolute Gasteiger partial charge is 0.359 e. The summed E-state index contributed by atoms with van der Waals surface area (Å²) >= 11 is 0. The van der Waals surface area contributed by atoms with Crippen LogP contribution in [0.1, 0.15) is 30.1 Å². The van der Waals surface area contributed by atoms with Crippen molar-refractivity contribution < 1.29 is 4.52 Å². The van der Waals surface area contributed by atoms with Gasteiger partial charge in [0.1, 0.15) is 0 Å². The lowest BCUT2D eigenvalue weighted by Gasteiger charge is -2.09. The van der Waals surface area contributed by atoms with Crippen LogP contribution in [0.5, 0.6) is 0 Å². The third-order valence-corrected chi connectivity index (χ3v) is 2.33. The molecule has 2 aromatic heterocycles. The van der Waals surface area contributed by atoms with Crippen LogP contribution >= 0.6 is 0 Å². The highest BCUT2D eigenvalue weighted by Crippen LogP contribution is 2.13. The molecular weight excluding hydrogens is 190 g/mol. The van der Waals surface area contributed by atoms with Gasteiger partial charge in [0.2, 0.25) is 0 Å². The molecule has 80 valence electrons. The maximum absolute atomic E-state index is 5.85. The molecule has 15 heavy (non-hydrogen) atoms. The van der Waals surface area contributed by atoms with E-state index < -0.39 is 0 Å². The topological polar surface area (TPSA) is 57.0 Å². The van der Waals surface area contributed by atoms with Crippen molar-refractivity contribution in [3.63, 3.8) is 0 Å². The number of hydrogen-bond donors (Lipinski definition) is 1. The van der Waals surface area contributed by atoms with E-state index in [4.69, 9.17) is 10.3 Å². The molecule has 0 amide bonds. The van der Waals surface area contributed by atoms with Crippen LogP contribution in [-0.2, 0) is 6.54 Å². The molecular formula is C11H15N3O. The van der Waals surface area contributed by atoms with Crippen molar-refractivity contribution in [3.05, 3.63) is 41.5 Å². The van der Waals surface area contributed by atoms with Gasteiger partial charge in [-0.2, -0.15) is 0 Å². The fourth-order valence-corrected chi connectivity index (χ4v) is 1.64. The maximum Gasteiger partial charge on any atom is 0.156 e. The minimum atomic E-state index is 0.0315. The van der Waals surface area contributed by atoms with E-state index in [1.807, 2.05) is 38.2 Å². The normalized spacial score (nSPS) is 13.0. The van der Waals surface area contributed by atoms with Crippen LogP contribution in [0.25, 0.3) is 0 Å². The average Bonchev–Trinajstić information content (AvgIpc) is 2.75. The van der Waals surface area contributed by atoms with Gasteiger partial charge < -0.3 is 14.8 Å². The predicted molar refractivity (Wildman–Crippen MR) is 57.4 cm³/mol. The Bertz CT molecular complexity index is 442. The second kappa shape index (κ2) is 3.90. The highest BCUT2D eigenvalue weighted by Gasteiger charge is 2.08. The van der Waals surface area contributed by atoms with Gasteiger partial charge in [0, 0.05) is 24.0 Å². The third kappa shape index (κ3) is 2.10. The number of nitrogens with zero attached hydrogens (tertiary/aromatic N) is 2. The second-order valence-corrected chi connectivity index (χ2v) is 3.78. The first kappa shape index (κ1) is 9.98. The first-order valence-electron chi connectivity index (χ1n) is 4.99. The molecule has 2 heterocycles. The fraction of sp³-hybridized carbons (Fsp3) is 0.364. The molecule has 2 rings (SSSR count). The number of hydrogen-bond acceptors (Lipinski definition) is 3. The highest BCUT2D eigenvalue weighted by molar-refractivity contribution is 5.13. The van der Waals surface area contributed by atoms with Crippen LogP contribution in [-0.4, -0.2) is 9.72 Å². The van der Waals surface area contributed by atoms with Crippen LogP contribution in [0.4, 0.5) is 0 Å². The van der Waals surface area contributed by atoms with Gasteiger partial charge in [-0.05, 0) is 26.0 Å². The number of rotatable bonds is 3. The Balaban J connectivity index is 2.20. The average molecular weight is 205 g/mol. The summed E-state index contributed by atoms with van der Waals surface area (Å²) in [6.45, 7) is 4.57. The Labute approximate surface area is 88.7 Å². The summed E-state index contributed by atoms with van der Waals surface area (Å²) < 4.78 is 7.23. The molecule has 0 aromatic carbocycles. The summed E-state index contributed by atoms with van der Waals surface area (Å²) in [5.74, 6) is 0.852. The smallest absolute Gasteiger partial charge is 0.156 e. The van der Waals surface area contributed by atoms with E-state index >= 15 is 0 Å². The van der Waals surface area contributed by atoms with Gasteiger partial charge in [-0.25, -0.2) is 0 Å². The molecule has 0 aliphatic heterocycles. The molecule has 0 aliphatic rings. The molecule has 0 fully saturated rings. The van der Waals surface area contributed by atoms with E-state index in [9.17, 15) is 0 Å². The molecule has 0 saturated carbocycles. The first-order chi connectivity index (χ1) is 7.16. The van der Waals surface area contributed by atoms with E-state index in [0.29, 0.717) is 6.54 Å². The predicted octanol–water partition coefficient (Wildman–Crippen LogP) is 1.85. The van der Waals surface area contributed by atoms with Crippen molar-refractivity contribution >= 4 is 0 Å². The van der Waals surface area contributed by atoms with Crippen LogP contribution in [0.2, 0.25) is 0 Å². The van der Waals surface area contributed by atoms with Crippen molar-refractivity contribution in [1.29, 1.82) is 0 Å².